The Bertz CT molecular complexity index is 1380. The van der Waals surface area contributed by atoms with Crippen LogP contribution in [0.25, 0.3) is 17.8 Å². The maximum Gasteiger partial charge on any atom is 0.278 e. The molecule has 0 unspecified atom stereocenters. The van der Waals surface area contributed by atoms with Crippen LogP contribution in [-0.2, 0) is 10.0 Å². The van der Waals surface area contributed by atoms with E-state index in [2.05, 4.69) is 10.1 Å². The third-order valence-corrected chi connectivity index (χ3v) is 5.27. The van der Waals surface area contributed by atoms with Crippen LogP contribution < -0.4 is 21.1 Å². The molecule has 27 heavy (non-hydrogen) atoms. The molecule has 1 aliphatic heterocycles. The van der Waals surface area contributed by atoms with E-state index in [0.29, 0.717) is 16.9 Å². The van der Waals surface area contributed by atoms with Crippen molar-refractivity contribution in [2.45, 2.75) is 11.8 Å². The van der Waals surface area contributed by atoms with Crippen LogP contribution >= 0.6 is 0 Å². The number of nitrogens with zero attached hydrogens (tertiary/aromatic N) is 2. The second-order valence-electron chi connectivity index (χ2n) is 6.24. The Hall–Kier alpha value is -3.23. The standard InChI is InChI=1S/C19H16N4O3S/c1-12-17(9-13-5-6-14-7-8-21-18(14)10-13)19(24)23(22-12)15-3-2-4-16(11-15)27(20,25)26/h2-11,22H,1H3,(H2,20,25,26). The minimum Gasteiger partial charge on any atom is -0.295 e. The third kappa shape index (κ3) is 3.16. The summed E-state index contributed by atoms with van der Waals surface area (Å²) in [7, 11) is -3.86. The molecule has 3 N–H and O–H groups in total. The van der Waals surface area contributed by atoms with Crippen molar-refractivity contribution >= 4 is 34.1 Å². The summed E-state index contributed by atoms with van der Waals surface area (Å²) in [5, 5.41) is 10.0. The molecular weight excluding hydrogens is 364 g/mol. The summed E-state index contributed by atoms with van der Waals surface area (Å²) >= 11 is 0. The number of aromatic nitrogens is 2. The third-order valence-electron chi connectivity index (χ3n) is 4.35. The van der Waals surface area contributed by atoms with Crippen LogP contribution in [0.15, 0.2) is 57.1 Å². The van der Waals surface area contributed by atoms with Gasteiger partial charge in [-0.3, -0.25) is 14.9 Å². The minimum absolute atomic E-state index is 0.0579. The van der Waals surface area contributed by atoms with Crippen molar-refractivity contribution in [2.24, 2.45) is 10.1 Å². The Kier molecular flexibility index (Phi) is 3.94. The maximum absolute atomic E-state index is 12.9. The molecule has 0 saturated heterocycles. The Labute approximate surface area is 154 Å². The van der Waals surface area contributed by atoms with E-state index in [1.165, 1.54) is 22.9 Å². The molecule has 2 aromatic carbocycles. The molecule has 0 bridgehead atoms. The van der Waals surface area contributed by atoms with E-state index in [1.54, 1.807) is 25.3 Å². The zero-order chi connectivity index (χ0) is 19.2. The van der Waals surface area contributed by atoms with Gasteiger partial charge in [0.05, 0.1) is 21.8 Å². The summed E-state index contributed by atoms with van der Waals surface area (Å²) in [6.07, 6.45) is 5.44. The van der Waals surface area contributed by atoms with E-state index >= 15 is 0 Å². The van der Waals surface area contributed by atoms with Gasteiger partial charge in [0.25, 0.3) is 5.56 Å². The van der Waals surface area contributed by atoms with Gasteiger partial charge in [0.15, 0.2) is 0 Å². The number of nitrogens with one attached hydrogen (secondary N) is 1. The number of aryl methyl sites for hydroxylation is 1. The summed E-state index contributed by atoms with van der Waals surface area (Å²) in [4.78, 5) is 17.1. The lowest BCUT2D eigenvalue weighted by molar-refractivity contribution is 0.597. The second-order valence-corrected chi connectivity index (χ2v) is 7.80. The fourth-order valence-corrected chi connectivity index (χ4v) is 3.53. The smallest absolute Gasteiger partial charge is 0.278 e. The lowest BCUT2D eigenvalue weighted by Crippen LogP contribution is -2.18. The summed E-state index contributed by atoms with van der Waals surface area (Å²) in [5.41, 5.74) is 2.12. The van der Waals surface area contributed by atoms with Gasteiger partial charge in [0.2, 0.25) is 10.0 Å². The fourth-order valence-electron chi connectivity index (χ4n) is 2.98. The molecule has 4 rings (SSSR count). The van der Waals surface area contributed by atoms with E-state index in [0.717, 1.165) is 16.1 Å². The highest BCUT2D eigenvalue weighted by Gasteiger charge is 2.13. The second kappa shape index (κ2) is 6.19. The van der Waals surface area contributed by atoms with Crippen molar-refractivity contribution in [3.05, 3.63) is 74.5 Å². The van der Waals surface area contributed by atoms with Crippen molar-refractivity contribution in [3.63, 3.8) is 0 Å². The van der Waals surface area contributed by atoms with E-state index in [4.69, 9.17) is 5.14 Å². The predicted octanol–water partition coefficient (Wildman–Crippen LogP) is 0.447. The molecular formula is C19H16N4O3S. The van der Waals surface area contributed by atoms with Crippen molar-refractivity contribution in [1.82, 2.24) is 9.78 Å². The lowest BCUT2D eigenvalue weighted by Gasteiger charge is -2.04. The van der Waals surface area contributed by atoms with Crippen molar-refractivity contribution < 1.29 is 8.42 Å². The summed E-state index contributed by atoms with van der Waals surface area (Å²) < 4.78 is 24.4. The number of sulfonamides is 1. The number of hydrogen-bond donors (Lipinski definition) is 2. The van der Waals surface area contributed by atoms with Crippen molar-refractivity contribution in [2.75, 3.05) is 0 Å². The number of fused-ring (bicyclic) bond motifs is 1. The largest absolute Gasteiger partial charge is 0.295 e. The molecule has 0 spiro atoms. The van der Waals surface area contributed by atoms with Crippen LogP contribution in [0.3, 0.4) is 0 Å². The van der Waals surface area contributed by atoms with Crippen LogP contribution in [0.4, 0.5) is 5.69 Å². The number of hydrogen-bond acceptors (Lipinski definition) is 4. The van der Waals surface area contributed by atoms with Crippen LogP contribution in [0.1, 0.15) is 11.3 Å². The quantitative estimate of drug-likeness (QED) is 0.688. The molecule has 0 saturated carbocycles. The van der Waals surface area contributed by atoms with E-state index in [-0.39, 0.29) is 10.5 Å². The van der Waals surface area contributed by atoms with Crippen LogP contribution in [-0.4, -0.2) is 24.4 Å². The highest BCUT2D eigenvalue weighted by Crippen LogP contribution is 2.13. The number of nitrogens with two attached hydrogens (primary N) is 1. The van der Waals surface area contributed by atoms with Gasteiger partial charge >= 0.3 is 0 Å². The van der Waals surface area contributed by atoms with E-state index in [1.807, 2.05) is 24.3 Å². The first kappa shape index (κ1) is 17.2. The van der Waals surface area contributed by atoms with Gasteiger partial charge in [0, 0.05) is 17.1 Å². The minimum atomic E-state index is -3.86. The zero-order valence-corrected chi connectivity index (χ0v) is 15.2. The molecule has 0 aliphatic carbocycles. The van der Waals surface area contributed by atoms with E-state index < -0.39 is 10.0 Å². The molecule has 0 atom stereocenters. The first-order valence-electron chi connectivity index (χ1n) is 8.14. The first-order chi connectivity index (χ1) is 12.8. The van der Waals surface area contributed by atoms with Crippen LogP contribution in [0, 0.1) is 6.92 Å². The van der Waals surface area contributed by atoms with Gasteiger partial charge < -0.3 is 0 Å². The Morgan fingerprint density at radius 2 is 2.00 bits per heavy atom. The number of H-pyrrole nitrogens is 1. The Morgan fingerprint density at radius 3 is 2.78 bits per heavy atom. The average molecular weight is 380 g/mol. The highest BCUT2D eigenvalue weighted by molar-refractivity contribution is 7.89. The maximum atomic E-state index is 12.9. The normalized spacial score (nSPS) is 13.6. The zero-order valence-electron chi connectivity index (χ0n) is 14.4. The molecule has 0 fully saturated rings. The number of rotatable bonds is 3. The van der Waals surface area contributed by atoms with Crippen molar-refractivity contribution in [3.8, 4) is 5.69 Å². The monoisotopic (exact) mass is 380 g/mol. The summed E-state index contributed by atoms with van der Waals surface area (Å²) in [5.74, 6) is 0. The number of primary sulfonamides is 1. The van der Waals surface area contributed by atoms with Gasteiger partial charge in [-0.1, -0.05) is 18.2 Å². The molecule has 1 aliphatic rings. The SMILES string of the molecule is Cc1[nH]n(-c2cccc(S(N)(=O)=O)c2)c(=O)c1C=c1ccc2c(c1)N=CC=2. The van der Waals surface area contributed by atoms with E-state index in [9.17, 15) is 13.2 Å². The fraction of sp³-hybridized carbons (Fsp3) is 0.0526. The van der Waals surface area contributed by atoms with Gasteiger partial charge in [-0.25, -0.2) is 18.2 Å². The number of aromatic amines is 1. The van der Waals surface area contributed by atoms with Crippen molar-refractivity contribution in [1.29, 1.82) is 0 Å². The van der Waals surface area contributed by atoms with Gasteiger partial charge in [-0.2, -0.15) is 0 Å². The molecule has 136 valence electrons. The molecule has 1 aromatic heterocycles. The molecule has 8 heteroatoms. The molecule has 3 aromatic rings. The molecule has 0 radical (unpaired) electrons. The van der Waals surface area contributed by atoms with Gasteiger partial charge in [-0.15, -0.1) is 0 Å². The number of benzene rings is 2. The highest BCUT2D eigenvalue weighted by atomic mass is 32.2. The summed E-state index contributed by atoms with van der Waals surface area (Å²) in [6.45, 7) is 1.78. The number of aliphatic imine (C=N–C) groups is 1. The van der Waals surface area contributed by atoms with Crippen LogP contribution in [0.5, 0.6) is 0 Å². The Balaban J connectivity index is 1.84. The molecule has 2 heterocycles. The first-order valence-corrected chi connectivity index (χ1v) is 9.68. The van der Waals surface area contributed by atoms with Gasteiger partial charge in [-0.05, 0) is 48.6 Å². The Morgan fingerprint density at radius 1 is 1.19 bits per heavy atom. The van der Waals surface area contributed by atoms with Gasteiger partial charge in [0.1, 0.15) is 0 Å². The molecule has 7 nitrogen and oxygen atoms in total. The lowest BCUT2D eigenvalue weighted by atomic mass is 10.1. The predicted molar refractivity (Wildman–Crippen MR) is 104 cm³/mol. The average Bonchev–Trinajstić information content (AvgIpc) is 3.20. The van der Waals surface area contributed by atoms with Crippen LogP contribution in [0.2, 0.25) is 0 Å². The topological polar surface area (TPSA) is 110 Å². The summed E-state index contributed by atoms with van der Waals surface area (Å²) in [6, 6.07) is 11.7. The molecule has 0 amide bonds.